The second-order valence-corrected chi connectivity index (χ2v) is 5.29. The summed E-state index contributed by atoms with van der Waals surface area (Å²) in [6.45, 7) is 3.03. The zero-order chi connectivity index (χ0) is 13.5. The van der Waals surface area contributed by atoms with E-state index in [-0.39, 0.29) is 0 Å². The number of pyridine rings is 1. The third kappa shape index (κ3) is 4.36. The van der Waals surface area contributed by atoms with Gasteiger partial charge < -0.3 is 5.32 Å². The molecule has 1 N–H and O–H groups in total. The van der Waals surface area contributed by atoms with Crippen LogP contribution < -0.4 is 5.32 Å². The topological polar surface area (TPSA) is 50.7 Å². The van der Waals surface area contributed by atoms with E-state index in [0.717, 1.165) is 29.5 Å². The summed E-state index contributed by atoms with van der Waals surface area (Å²) in [5.74, 6) is 1.56. The summed E-state index contributed by atoms with van der Waals surface area (Å²) in [6, 6.07) is 5.65. The Hall–Kier alpha value is -1.33. The van der Waals surface area contributed by atoms with Crippen LogP contribution in [0.1, 0.15) is 19.0 Å². The number of hydrogen-bond donors (Lipinski definition) is 1. The van der Waals surface area contributed by atoms with Crippen LogP contribution in [-0.2, 0) is 5.75 Å². The summed E-state index contributed by atoms with van der Waals surface area (Å²) in [5.41, 5.74) is 0.867. The van der Waals surface area contributed by atoms with Gasteiger partial charge in [0.25, 0.3) is 0 Å². The van der Waals surface area contributed by atoms with Crippen molar-refractivity contribution in [2.45, 2.75) is 24.1 Å². The summed E-state index contributed by atoms with van der Waals surface area (Å²) in [7, 11) is 0. The number of rotatable bonds is 6. The summed E-state index contributed by atoms with van der Waals surface area (Å²) in [5, 5.41) is 4.86. The smallest absolute Gasteiger partial charge is 0.126 e. The van der Waals surface area contributed by atoms with Crippen LogP contribution in [0.25, 0.3) is 0 Å². The average molecular weight is 295 g/mol. The van der Waals surface area contributed by atoms with Crippen molar-refractivity contribution in [3.05, 3.63) is 41.4 Å². The van der Waals surface area contributed by atoms with Gasteiger partial charge >= 0.3 is 0 Å². The van der Waals surface area contributed by atoms with Gasteiger partial charge in [0.2, 0.25) is 0 Å². The second kappa shape index (κ2) is 7.31. The van der Waals surface area contributed by atoms with E-state index < -0.39 is 0 Å². The van der Waals surface area contributed by atoms with Gasteiger partial charge in [-0.15, -0.1) is 0 Å². The van der Waals surface area contributed by atoms with Gasteiger partial charge in [0, 0.05) is 18.5 Å². The third-order valence-electron chi connectivity index (χ3n) is 2.39. The molecule has 0 amide bonds. The van der Waals surface area contributed by atoms with E-state index in [1.165, 1.54) is 6.33 Å². The first-order valence-corrected chi connectivity index (χ1v) is 7.44. The zero-order valence-corrected chi connectivity index (χ0v) is 12.2. The number of thioether (sulfide) groups is 1. The van der Waals surface area contributed by atoms with Gasteiger partial charge in [0.05, 0.1) is 15.7 Å². The molecule has 0 aliphatic rings. The minimum absolute atomic E-state index is 0.684. The first-order chi connectivity index (χ1) is 9.29. The molecule has 2 rings (SSSR count). The van der Waals surface area contributed by atoms with Crippen LogP contribution in [0.15, 0.2) is 35.7 Å². The molecule has 100 valence electrons. The van der Waals surface area contributed by atoms with Crippen LogP contribution in [0, 0.1) is 0 Å². The molecular formula is C13H15ClN4S. The molecule has 0 aromatic carbocycles. The molecule has 0 spiro atoms. The fraction of sp³-hybridized carbons (Fsp3) is 0.308. The summed E-state index contributed by atoms with van der Waals surface area (Å²) in [4.78, 5) is 12.6. The molecule has 0 radical (unpaired) electrons. The minimum atomic E-state index is 0.684. The Morgan fingerprint density at radius 3 is 2.95 bits per heavy atom. The maximum Gasteiger partial charge on any atom is 0.126 e. The molecule has 2 aromatic heterocycles. The zero-order valence-electron chi connectivity index (χ0n) is 10.6. The molecule has 0 unspecified atom stereocenters. The lowest BCUT2D eigenvalue weighted by Crippen LogP contribution is -2.03. The first-order valence-electron chi connectivity index (χ1n) is 6.07. The Balaban J connectivity index is 2.02. The van der Waals surface area contributed by atoms with Gasteiger partial charge in [-0.1, -0.05) is 30.3 Å². The first kappa shape index (κ1) is 14.1. The molecule has 2 heterocycles. The Morgan fingerprint density at radius 2 is 2.21 bits per heavy atom. The molecule has 0 aliphatic carbocycles. The fourth-order valence-electron chi connectivity index (χ4n) is 1.44. The van der Waals surface area contributed by atoms with Gasteiger partial charge in [0.1, 0.15) is 12.1 Å². The molecule has 0 fully saturated rings. The molecule has 0 bridgehead atoms. The molecule has 4 nitrogen and oxygen atoms in total. The van der Waals surface area contributed by atoms with Crippen molar-refractivity contribution in [1.82, 2.24) is 15.0 Å². The van der Waals surface area contributed by atoms with Crippen molar-refractivity contribution in [2.75, 3.05) is 11.9 Å². The third-order valence-corrected chi connectivity index (χ3v) is 3.69. The maximum atomic E-state index is 6.16. The highest BCUT2D eigenvalue weighted by atomic mass is 35.5. The van der Waals surface area contributed by atoms with Gasteiger partial charge in [-0.2, -0.15) is 0 Å². The lowest BCUT2D eigenvalue weighted by atomic mass is 10.3. The van der Waals surface area contributed by atoms with Crippen LogP contribution in [0.5, 0.6) is 0 Å². The van der Waals surface area contributed by atoms with E-state index in [1.54, 1.807) is 18.0 Å². The predicted molar refractivity (Wildman–Crippen MR) is 79.6 cm³/mol. The lowest BCUT2D eigenvalue weighted by molar-refractivity contribution is 0.964. The van der Waals surface area contributed by atoms with E-state index in [9.17, 15) is 0 Å². The number of nitrogens with zero attached hydrogens (tertiary/aromatic N) is 3. The second-order valence-electron chi connectivity index (χ2n) is 3.89. The van der Waals surface area contributed by atoms with Crippen LogP contribution in [0.4, 0.5) is 5.82 Å². The molecule has 2 aromatic rings. The van der Waals surface area contributed by atoms with E-state index >= 15 is 0 Å². The SMILES string of the molecule is CCCNc1ccc(Cl)c(CSc2ccncn2)n1. The summed E-state index contributed by atoms with van der Waals surface area (Å²) < 4.78 is 0. The van der Waals surface area contributed by atoms with E-state index in [2.05, 4.69) is 27.2 Å². The number of aromatic nitrogens is 3. The molecule has 0 saturated carbocycles. The van der Waals surface area contributed by atoms with Gasteiger partial charge in [-0.25, -0.2) is 15.0 Å². The molecule has 0 aliphatic heterocycles. The van der Waals surface area contributed by atoms with Crippen molar-refractivity contribution in [3.63, 3.8) is 0 Å². The minimum Gasteiger partial charge on any atom is -0.370 e. The average Bonchev–Trinajstić information content (AvgIpc) is 2.46. The van der Waals surface area contributed by atoms with Crippen LogP contribution in [0.2, 0.25) is 5.02 Å². The Kier molecular flexibility index (Phi) is 5.42. The molecule has 6 heteroatoms. The van der Waals surface area contributed by atoms with Gasteiger partial charge in [-0.05, 0) is 24.6 Å². The maximum absolute atomic E-state index is 6.16. The number of anilines is 1. The Labute approximate surface area is 122 Å². The van der Waals surface area contributed by atoms with Gasteiger partial charge in [0.15, 0.2) is 0 Å². The highest BCUT2D eigenvalue weighted by Gasteiger charge is 2.05. The normalized spacial score (nSPS) is 10.4. The fourth-order valence-corrected chi connectivity index (χ4v) is 2.48. The van der Waals surface area contributed by atoms with E-state index in [4.69, 9.17) is 11.6 Å². The quantitative estimate of drug-likeness (QED) is 0.651. The van der Waals surface area contributed by atoms with Crippen molar-refractivity contribution >= 4 is 29.2 Å². The summed E-state index contributed by atoms with van der Waals surface area (Å²) in [6.07, 6.45) is 4.33. The van der Waals surface area contributed by atoms with Crippen molar-refractivity contribution in [3.8, 4) is 0 Å². The molecule has 0 saturated heterocycles. The van der Waals surface area contributed by atoms with Gasteiger partial charge in [-0.3, -0.25) is 0 Å². The number of nitrogens with one attached hydrogen (secondary N) is 1. The predicted octanol–water partition coefficient (Wildman–Crippen LogP) is 3.64. The van der Waals surface area contributed by atoms with Crippen molar-refractivity contribution in [2.24, 2.45) is 0 Å². The Bertz CT molecular complexity index is 521. The van der Waals surface area contributed by atoms with Crippen LogP contribution >= 0.6 is 23.4 Å². The molecule has 19 heavy (non-hydrogen) atoms. The van der Waals surface area contributed by atoms with E-state index in [0.29, 0.717) is 10.8 Å². The van der Waals surface area contributed by atoms with Crippen LogP contribution in [0.3, 0.4) is 0 Å². The highest BCUT2D eigenvalue weighted by molar-refractivity contribution is 7.98. The van der Waals surface area contributed by atoms with Crippen molar-refractivity contribution < 1.29 is 0 Å². The standard InChI is InChI=1S/C13H15ClN4S/c1-2-6-16-12-4-3-10(14)11(18-12)8-19-13-5-7-15-9-17-13/h3-5,7,9H,2,6,8H2,1H3,(H,16,18). The Morgan fingerprint density at radius 1 is 1.32 bits per heavy atom. The highest BCUT2D eigenvalue weighted by Crippen LogP contribution is 2.25. The number of halogens is 1. The largest absolute Gasteiger partial charge is 0.370 e. The summed E-state index contributed by atoms with van der Waals surface area (Å²) >= 11 is 7.75. The monoisotopic (exact) mass is 294 g/mol. The van der Waals surface area contributed by atoms with Crippen LogP contribution in [-0.4, -0.2) is 21.5 Å². The number of hydrogen-bond acceptors (Lipinski definition) is 5. The molecule has 0 atom stereocenters. The molecular weight excluding hydrogens is 280 g/mol. The lowest BCUT2D eigenvalue weighted by Gasteiger charge is -2.08. The van der Waals surface area contributed by atoms with E-state index in [1.807, 2.05) is 18.2 Å². The van der Waals surface area contributed by atoms with Crippen molar-refractivity contribution in [1.29, 1.82) is 0 Å².